The van der Waals surface area contributed by atoms with Crippen LogP contribution in [0.1, 0.15) is 159 Å². The molecule has 0 heterocycles. The largest absolute Gasteiger partial charge is 0.340 e. The zero-order valence-corrected chi connectivity index (χ0v) is 29.9. The van der Waals surface area contributed by atoms with Gasteiger partial charge in [0.15, 0.2) is 11.5 Å². The van der Waals surface area contributed by atoms with Gasteiger partial charge >= 0.3 is 0 Å². The van der Waals surface area contributed by atoms with Crippen LogP contribution in [-0.2, 0) is 16.2 Å². The van der Waals surface area contributed by atoms with Crippen LogP contribution in [0.2, 0.25) is 0 Å². The normalized spacial score (nSPS) is 12.6. The number of benzene rings is 2. The number of hydrogen-bond donors (Lipinski definition) is 2. The van der Waals surface area contributed by atoms with Gasteiger partial charge in [0.25, 0.3) is 0 Å². The fraction of sp³-hybridized carbons (Fsp3) is 0.684. The Labute approximate surface area is 268 Å². The number of hydrogen-bond acceptors (Lipinski definition) is 5. The Bertz CT molecular complexity index is 1050. The number of aryl methyl sites for hydroxylation is 2. The molecule has 43 heavy (non-hydrogen) atoms. The molecule has 2 N–H and O–H groups in total. The first kappa shape index (κ1) is 37.5. The highest BCUT2D eigenvalue weighted by molar-refractivity contribution is 7.99. The molecule has 5 heteroatoms. The summed E-state index contributed by atoms with van der Waals surface area (Å²) < 4.78 is 0. The summed E-state index contributed by atoms with van der Waals surface area (Å²) in [5, 5.41) is 19.5. The van der Waals surface area contributed by atoms with E-state index in [0.717, 1.165) is 34.4 Å². The second-order valence-electron chi connectivity index (χ2n) is 14.9. The van der Waals surface area contributed by atoms with Gasteiger partial charge in [-0.3, -0.25) is 0 Å². The average molecular weight is 615 g/mol. The van der Waals surface area contributed by atoms with Crippen molar-refractivity contribution >= 4 is 11.8 Å². The predicted octanol–water partition coefficient (Wildman–Crippen LogP) is 12.0. The average Bonchev–Trinajstić information content (AvgIpc) is 2.93. The first-order chi connectivity index (χ1) is 20.2. The van der Waals surface area contributed by atoms with Gasteiger partial charge in [0.2, 0.25) is 0 Å². The first-order valence-corrected chi connectivity index (χ1v) is 17.9. The first-order valence-electron chi connectivity index (χ1n) is 16.7. The van der Waals surface area contributed by atoms with E-state index in [9.17, 15) is 10.5 Å². The summed E-state index contributed by atoms with van der Waals surface area (Å²) in [6.07, 6.45) is 14.6. The molecule has 244 valence electrons. The third kappa shape index (κ3) is 10.7. The molecule has 0 aromatic heterocycles. The van der Waals surface area contributed by atoms with E-state index in [4.69, 9.17) is 9.78 Å². The van der Waals surface area contributed by atoms with Gasteiger partial charge in [0, 0.05) is 16.5 Å². The Hall–Kier alpha value is -1.69. The molecule has 0 aliphatic rings. The summed E-state index contributed by atoms with van der Waals surface area (Å²) in [6, 6.07) is 8.47. The van der Waals surface area contributed by atoms with Crippen LogP contribution in [0.3, 0.4) is 0 Å². The van der Waals surface area contributed by atoms with Gasteiger partial charge in [-0.05, 0) is 83.4 Å². The molecule has 4 nitrogen and oxygen atoms in total. The van der Waals surface area contributed by atoms with E-state index < -0.39 is 0 Å². The number of unbranched alkanes of at least 4 members (excludes halogenated alkanes) is 9. The molecule has 0 aliphatic heterocycles. The van der Waals surface area contributed by atoms with Crippen LogP contribution in [0.25, 0.3) is 0 Å². The molecule has 2 rings (SSSR count). The second kappa shape index (κ2) is 17.1. The quantitative estimate of drug-likeness (QED) is 0.0993. The van der Waals surface area contributed by atoms with Crippen molar-refractivity contribution in [2.75, 3.05) is 11.5 Å². The number of rotatable bonds is 18. The van der Waals surface area contributed by atoms with E-state index in [1.807, 2.05) is 12.1 Å². The molecule has 0 saturated carbocycles. The minimum absolute atomic E-state index is 0.202. The zero-order valence-electron chi connectivity index (χ0n) is 29.1. The van der Waals surface area contributed by atoms with Crippen molar-refractivity contribution in [3.8, 4) is 11.5 Å². The molecule has 0 amide bonds. The van der Waals surface area contributed by atoms with Crippen LogP contribution in [0.4, 0.5) is 0 Å². The van der Waals surface area contributed by atoms with Crippen molar-refractivity contribution in [2.45, 2.75) is 156 Å². The molecule has 0 bridgehead atoms. The van der Waals surface area contributed by atoms with Crippen molar-refractivity contribution in [3.63, 3.8) is 0 Å². The second-order valence-corrected chi connectivity index (χ2v) is 16.1. The fourth-order valence-electron chi connectivity index (χ4n) is 6.36. The number of thioether (sulfide) groups is 1. The zero-order chi connectivity index (χ0) is 32.3. The van der Waals surface area contributed by atoms with E-state index in [2.05, 4.69) is 93.1 Å². The monoisotopic (exact) mass is 614 g/mol. The Balaban J connectivity index is 2.30. The maximum atomic E-state index is 9.74. The third-order valence-electron chi connectivity index (χ3n) is 9.04. The molecule has 0 fully saturated rings. The minimum Gasteiger partial charge on any atom is -0.340 e. The molecular formula is C38H62O4S. The van der Waals surface area contributed by atoms with E-state index in [1.54, 1.807) is 0 Å². The topological polar surface area (TPSA) is 58.9 Å². The summed E-state index contributed by atoms with van der Waals surface area (Å²) in [7, 11) is 0. The van der Waals surface area contributed by atoms with Crippen LogP contribution in [0, 0.1) is 13.8 Å². The van der Waals surface area contributed by atoms with E-state index in [0.29, 0.717) is 11.5 Å². The molecule has 0 saturated heterocycles. The molecule has 0 spiro atoms. The molecular weight excluding hydrogens is 552 g/mol. The SMILES string of the molecule is CCCCCCCCCCCCSCCC(C)(c1cc(C(C)(C)C)c(OO)cc1C)c1cc(C(C)(C)C)c(OO)cc1C. The smallest absolute Gasteiger partial charge is 0.169 e. The third-order valence-corrected chi connectivity index (χ3v) is 10.1. The Kier molecular flexibility index (Phi) is 14.9. The molecule has 0 atom stereocenters. The summed E-state index contributed by atoms with van der Waals surface area (Å²) in [4.78, 5) is 9.76. The minimum atomic E-state index is -0.291. The predicted molar refractivity (Wildman–Crippen MR) is 187 cm³/mol. The van der Waals surface area contributed by atoms with E-state index in [-0.39, 0.29) is 16.2 Å². The van der Waals surface area contributed by atoms with Gasteiger partial charge in [0.1, 0.15) is 0 Å². The summed E-state index contributed by atoms with van der Waals surface area (Å²) >= 11 is 2.06. The highest BCUT2D eigenvalue weighted by Gasteiger charge is 2.36. The maximum Gasteiger partial charge on any atom is 0.169 e. The van der Waals surface area contributed by atoms with Gasteiger partial charge in [-0.1, -0.05) is 125 Å². The van der Waals surface area contributed by atoms with Crippen LogP contribution < -0.4 is 9.78 Å². The van der Waals surface area contributed by atoms with Crippen molar-refractivity contribution in [3.05, 3.63) is 57.6 Å². The van der Waals surface area contributed by atoms with E-state index in [1.165, 1.54) is 81.1 Å². The highest BCUT2D eigenvalue weighted by Crippen LogP contribution is 2.46. The Morgan fingerprint density at radius 3 is 1.33 bits per heavy atom. The molecule has 2 aromatic rings. The summed E-state index contributed by atoms with van der Waals surface area (Å²) in [6.45, 7) is 21.8. The Morgan fingerprint density at radius 2 is 0.953 bits per heavy atom. The lowest BCUT2D eigenvalue weighted by molar-refractivity contribution is -0.138. The molecule has 0 aliphatic carbocycles. The summed E-state index contributed by atoms with van der Waals surface area (Å²) in [5.74, 6) is 3.28. The van der Waals surface area contributed by atoms with Crippen LogP contribution in [-0.4, -0.2) is 22.0 Å². The lowest BCUT2D eigenvalue weighted by Crippen LogP contribution is -2.29. The lowest BCUT2D eigenvalue weighted by Gasteiger charge is -2.37. The van der Waals surface area contributed by atoms with Gasteiger partial charge in [-0.2, -0.15) is 11.8 Å². The molecule has 0 radical (unpaired) electrons. The van der Waals surface area contributed by atoms with Crippen molar-refractivity contribution < 1.29 is 20.3 Å². The van der Waals surface area contributed by atoms with Gasteiger partial charge < -0.3 is 9.78 Å². The van der Waals surface area contributed by atoms with Crippen LogP contribution >= 0.6 is 11.8 Å². The standard InChI is InChI=1S/C38H62O4S/c1-11-12-13-14-15-16-17-18-19-20-22-43-23-21-38(10,30-26-32(36(4,5)6)34(41-39)24-28(30)2)31-27-33(37(7,8)9)35(42-40)25-29(31)3/h24-27,39-40H,11-23H2,1-10H3. The molecule has 0 unspecified atom stereocenters. The molecule has 2 aromatic carbocycles. The van der Waals surface area contributed by atoms with Gasteiger partial charge in [-0.25, -0.2) is 10.5 Å². The summed E-state index contributed by atoms with van der Waals surface area (Å²) in [5.41, 5.74) is 5.97. The van der Waals surface area contributed by atoms with Crippen molar-refractivity contribution in [2.24, 2.45) is 0 Å². The van der Waals surface area contributed by atoms with Crippen LogP contribution in [0.15, 0.2) is 24.3 Å². The van der Waals surface area contributed by atoms with E-state index >= 15 is 0 Å². The highest BCUT2D eigenvalue weighted by atomic mass is 32.2. The lowest BCUT2D eigenvalue weighted by atomic mass is 9.68. The van der Waals surface area contributed by atoms with Crippen molar-refractivity contribution in [1.29, 1.82) is 0 Å². The van der Waals surface area contributed by atoms with Crippen LogP contribution in [0.5, 0.6) is 11.5 Å². The maximum absolute atomic E-state index is 9.74. The fourth-order valence-corrected chi connectivity index (χ4v) is 7.52. The van der Waals surface area contributed by atoms with Gasteiger partial charge in [-0.15, -0.1) is 0 Å². The van der Waals surface area contributed by atoms with Crippen molar-refractivity contribution in [1.82, 2.24) is 0 Å². The van der Waals surface area contributed by atoms with Gasteiger partial charge in [0.05, 0.1) is 0 Å². The Morgan fingerprint density at radius 1 is 0.558 bits per heavy atom.